The summed E-state index contributed by atoms with van der Waals surface area (Å²) >= 11 is 1.86. The third kappa shape index (κ3) is 3.24. The number of ketones is 1. The van der Waals surface area contributed by atoms with Crippen molar-refractivity contribution in [1.29, 1.82) is 0 Å². The highest BCUT2D eigenvalue weighted by Crippen LogP contribution is 2.28. The van der Waals surface area contributed by atoms with E-state index in [1.807, 2.05) is 42.1 Å². The predicted molar refractivity (Wildman–Crippen MR) is 87.6 cm³/mol. The fourth-order valence-corrected chi connectivity index (χ4v) is 4.09. The first kappa shape index (κ1) is 13.7. The molecule has 1 nitrogen and oxygen atoms in total. The summed E-state index contributed by atoms with van der Waals surface area (Å²) in [5.41, 5.74) is 0.854. The minimum atomic E-state index is 0.270. The van der Waals surface area contributed by atoms with Gasteiger partial charge in [-0.3, -0.25) is 4.79 Å². The lowest BCUT2D eigenvalue weighted by Crippen LogP contribution is -2.12. The minimum absolute atomic E-state index is 0.270. The Hall–Kier alpha value is -1.28. The molecule has 104 valence electrons. The molecule has 0 bridgehead atoms. The Morgan fingerprint density at radius 2 is 1.75 bits per heavy atom. The zero-order chi connectivity index (χ0) is 13.8. The van der Waals surface area contributed by atoms with Crippen LogP contribution in [-0.4, -0.2) is 16.8 Å². The molecule has 0 radical (unpaired) electrons. The van der Waals surface area contributed by atoms with E-state index < -0.39 is 0 Å². The van der Waals surface area contributed by atoms with Crippen molar-refractivity contribution < 1.29 is 4.79 Å². The number of hydrogen-bond donors (Lipinski definition) is 0. The van der Waals surface area contributed by atoms with Crippen LogP contribution in [0.3, 0.4) is 0 Å². The maximum atomic E-state index is 12.3. The summed E-state index contributed by atoms with van der Waals surface area (Å²) in [7, 11) is 0. The van der Waals surface area contributed by atoms with Gasteiger partial charge in [0.1, 0.15) is 0 Å². The predicted octanol–water partition coefficient (Wildman–Crippen LogP) is 5.09. The van der Waals surface area contributed by atoms with Crippen LogP contribution in [0.2, 0.25) is 0 Å². The second-order valence-electron chi connectivity index (χ2n) is 5.56. The normalized spacial score (nSPS) is 16.4. The van der Waals surface area contributed by atoms with Crippen molar-refractivity contribution in [3.8, 4) is 0 Å². The molecule has 0 aliphatic heterocycles. The third-order valence-corrected chi connectivity index (χ3v) is 5.45. The lowest BCUT2D eigenvalue weighted by atomic mass is 10.0. The molecule has 1 aliphatic carbocycles. The van der Waals surface area contributed by atoms with Crippen LogP contribution in [0, 0.1) is 0 Å². The van der Waals surface area contributed by atoms with E-state index in [-0.39, 0.29) is 5.78 Å². The van der Waals surface area contributed by atoms with Crippen molar-refractivity contribution in [2.24, 2.45) is 0 Å². The van der Waals surface area contributed by atoms with Gasteiger partial charge in [-0.05, 0) is 29.7 Å². The molecule has 2 aromatic rings. The number of carbonyl (C=O) groups is 1. The Bertz CT molecular complexity index is 599. The van der Waals surface area contributed by atoms with Crippen LogP contribution in [0.25, 0.3) is 10.8 Å². The number of rotatable bonds is 4. The molecule has 0 amide bonds. The van der Waals surface area contributed by atoms with Gasteiger partial charge in [0.05, 0.1) is 5.75 Å². The quantitative estimate of drug-likeness (QED) is 0.728. The average Bonchev–Trinajstić information content (AvgIpc) is 2.53. The zero-order valence-electron chi connectivity index (χ0n) is 11.7. The summed E-state index contributed by atoms with van der Waals surface area (Å²) in [5, 5.41) is 3.05. The Balaban J connectivity index is 1.65. The lowest BCUT2D eigenvalue weighted by molar-refractivity contribution is 0.102. The summed E-state index contributed by atoms with van der Waals surface area (Å²) in [6.45, 7) is 0. The second-order valence-corrected chi connectivity index (χ2v) is 6.84. The SMILES string of the molecule is O=C(CSC1CCCCC1)c1ccc2ccccc2c1. The number of hydrogen-bond acceptors (Lipinski definition) is 2. The summed E-state index contributed by atoms with van der Waals surface area (Å²) in [4.78, 5) is 12.3. The summed E-state index contributed by atoms with van der Waals surface area (Å²) in [6.07, 6.45) is 6.62. The maximum absolute atomic E-state index is 12.3. The highest BCUT2D eigenvalue weighted by Gasteiger charge is 2.16. The fraction of sp³-hybridized carbons (Fsp3) is 0.389. The number of benzene rings is 2. The van der Waals surface area contributed by atoms with E-state index in [2.05, 4.69) is 12.1 Å². The van der Waals surface area contributed by atoms with E-state index >= 15 is 0 Å². The van der Waals surface area contributed by atoms with Crippen molar-refractivity contribution in [3.05, 3.63) is 48.0 Å². The largest absolute Gasteiger partial charge is 0.293 e. The van der Waals surface area contributed by atoms with Crippen LogP contribution >= 0.6 is 11.8 Å². The van der Waals surface area contributed by atoms with Gasteiger partial charge in [-0.15, -0.1) is 0 Å². The third-order valence-electron chi connectivity index (χ3n) is 4.07. The highest BCUT2D eigenvalue weighted by atomic mass is 32.2. The molecule has 1 fully saturated rings. The first-order chi connectivity index (χ1) is 9.83. The van der Waals surface area contributed by atoms with Gasteiger partial charge in [-0.25, -0.2) is 0 Å². The maximum Gasteiger partial charge on any atom is 0.172 e. The number of fused-ring (bicyclic) bond motifs is 1. The minimum Gasteiger partial charge on any atom is -0.293 e. The molecule has 0 spiro atoms. The topological polar surface area (TPSA) is 17.1 Å². The Morgan fingerprint density at radius 3 is 2.55 bits per heavy atom. The van der Waals surface area contributed by atoms with Crippen LogP contribution in [-0.2, 0) is 0 Å². The van der Waals surface area contributed by atoms with Crippen LogP contribution < -0.4 is 0 Å². The van der Waals surface area contributed by atoms with Gasteiger partial charge in [0.2, 0.25) is 0 Å². The molecular formula is C18H20OS. The molecular weight excluding hydrogens is 264 g/mol. The van der Waals surface area contributed by atoms with Gasteiger partial charge in [0.25, 0.3) is 0 Å². The van der Waals surface area contributed by atoms with E-state index in [4.69, 9.17) is 0 Å². The zero-order valence-corrected chi connectivity index (χ0v) is 12.5. The number of Topliss-reactive ketones (excluding diaryl/α,β-unsaturated/α-hetero) is 1. The first-order valence-corrected chi connectivity index (χ1v) is 8.51. The van der Waals surface area contributed by atoms with Crippen molar-refractivity contribution in [2.75, 3.05) is 5.75 Å². The number of carbonyl (C=O) groups excluding carboxylic acids is 1. The van der Waals surface area contributed by atoms with Crippen LogP contribution in [0.1, 0.15) is 42.5 Å². The van der Waals surface area contributed by atoms with E-state index in [0.29, 0.717) is 11.0 Å². The molecule has 1 saturated carbocycles. The van der Waals surface area contributed by atoms with Gasteiger partial charge in [-0.1, -0.05) is 55.7 Å². The van der Waals surface area contributed by atoms with E-state index in [1.165, 1.54) is 37.5 Å². The molecule has 0 atom stereocenters. The van der Waals surface area contributed by atoms with Crippen LogP contribution in [0.4, 0.5) is 0 Å². The van der Waals surface area contributed by atoms with Gasteiger partial charge >= 0.3 is 0 Å². The van der Waals surface area contributed by atoms with Gasteiger partial charge < -0.3 is 0 Å². The summed E-state index contributed by atoms with van der Waals surface area (Å²) in [5.74, 6) is 0.898. The summed E-state index contributed by atoms with van der Waals surface area (Å²) in [6, 6.07) is 14.2. The molecule has 2 heteroatoms. The molecule has 20 heavy (non-hydrogen) atoms. The molecule has 1 aliphatic rings. The van der Waals surface area contributed by atoms with Crippen LogP contribution in [0.15, 0.2) is 42.5 Å². The monoisotopic (exact) mass is 284 g/mol. The lowest BCUT2D eigenvalue weighted by Gasteiger charge is -2.20. The van der Waals surface area contributed by atoms with Crippen LogP contribution in [0.5, 0.6) is 0 Å². The first-order valence-electron chi connectivity index (χ1n) is 7.46. The molecule has 3 rings (SSSR count). The number of thioether (sulfide) groups is 1. The molecule has 0 unspecified atom stereocenters. The Morgan fingerprint density at radius 1 is 1.00 bits per heavy atom. The highest BCUT2D eigenvalue weighted by molar-refractivity contribution is 8.00. The average molecular weight is 284 g/mol. The van der Waals surface area contributed by atoms with Gasteiger partial charge in [0, 0.05) is 10.8 Å². The van der Waals surface area contributed by atoms with Crippen molar-refractivity contribution in [2.45, 2.75) is 37.4 Å². The van der Waals surface area contributed by atoms with Gasteiger partial charge in [0.15, 0.2) is 5.78 Å². The van der Waals surface area contributed by atoms with Crippen molar-refractivity contribution in [1.82, 2.24) is 0 Å². The second kappa shape index (κ2) is 6.45. The standard InChI is InChI=1S/C18H20OS/c19-18(13-20-17-8-2-1-3-9-17)16-11-10-14-6-4-5-7-15(14)12-16/h4-7,10-12,17H,1-3,8-9,13H2. The Labute approximate surface area is 124 Å². The molecule has 0 N–H and O–H groups in total. The molecule has 2 aromatic carbocycles. The van der Waals surface area contributed by atoms with E-state index in [9.17, 15) is 4.79 Å². The van der Waals surface area contributed by atoms with Gasteiger partial charge in [-0.2, -0.15) is 11.8 Å². The molecule has 0 heterocycles. The van der Waals surface area contributed by atoms with Crippen molar-refractivity contribution >= 4 is 28.3 Å². The molecule has 0 aromatic heterocycles. The fourth-order valence-electron chi connectivity index (χ4n) is 2.87. The smallest absolute Gasteiger partial charge is 0.172 e. The van der Waals surface area contributed by atoms with E-state index in [0.717, 1.165) is 10.9 Å². The molecule has 0 saturated heterocycles. The van der Waals surface area contributed by atoms with Crippen molar-refractivity contribution in [3.63, 3.8) is 0 Å². The van der Waals surface area contributed by atoms with E-state index in [1.54, 1.807) is 0 Å². The summed E-state index contributed by atoms with van der Waals surface area (Å²) < 4.78 is 0. The Kier molecular flexibility index (Phi) is 4.41.